The number of ether oxygens (including phenoxy) is 2. The average Bonchev–Trinajstić information content (AvgIpc) is 2.91. The number of aromatic nitrogens is 1. The maximum atomic E-state index is 13.3. The Morgan fingerprint density at radius 3 is 2.25 bits per heavy atom. The molecule has 4 aromatic rings. The van der Waals surface area contributed by atoms with Crippen molar-refractivity contribution >= 4 is 28.3 Å². The summed E-state index contributed by atoms with van der Waals surface area (Å²) < 4.78 is 12.3. The van der Waals surface area contributed by atoms with Crippen molar-refractivity contribution in [3.8, 4) is 11.5 Å². The summed E-state index contributed by atoms with van der Waals surface area (Å²) >= 11 is 0. The minimum Gasteiger partial charge on any atom is -0.497 e. The second kappa shape index (κ2) is 10.9. The number of aryl methyl sites for hydroxylation is 1. The lowest BCUT2D eigenvalue weighted by atomic mass is 10.0. The van der Waals surface area contributed by atoms with E-state index in [9.17, 15) is 14.4 Å². The standard InChI is InChI=1S/C29H28N2O5/c1-4-19-6-8-20(9-7-19)28(33)25-17-31(26-15-14-23(35-3)16-24(26)29(25)34)18-27(32)30-21-10-12-22(13-11-21)36-5-2/h6-17H,4-5,18H2,1-3H3,(H,30,32). The maximum absolute atomic E-state index is 13.3. The highest BCUT2D eigenvalue weighted by Crippen LogP contribution is 2.21. The summed E-state index contributed by atoms with van der Waals surface area (Å²) in [5, 5.41) is 3.16. The van der Waals surface area contributed by atoms with Crippen molar-refractivity contribution in [1.82, 2.24) is 4.57 Å². The highest BCUT2D eigenvalue weighted by Gasteiger charge is 2.19. The van der Waals surface area contributed by atoms with Crippen molar-refractivity contribution in [2.75, 3.05) is 19.0 Å². The number of anilines is 1. The van der Waals surface area contributed by atoms with E-state index in [0.29, 0.717) is 40.3 Å². The molecule has 0 aliphatic rings. The van der Waals surface area contributed by atoms with Crippen LogP contribution in [0.2, 0.25) is 0 Å². The van der Waals surface area contributed by atoms with Crippen LogP contribution >= 0.6 is 0 Å². The Bertz CT molecular complexity index is 1450. The quantitative estimate of drug-likeness (QED) is 0.344. The number of hydrogen-bond acceptors (Lipinski definition) is 5. The largest absolute Gasteiger partial charge is 0.497 e. The molecule has 0 fully saturated rings. The number of methoxy groups -OCH3 is 1. The predicted molar refractivity (Wildman–Crippen MR) is 140 cm³/mol. The first-order chi connectivity index (χ1) is 17.4. The van der Waals surface area contributed by atoms with Gasteiger partial charge in [0.25, 0.3) is 0 Å². The number of amides is 1. The molecule has 0 spiro atoms. The molecule has 0 radical (unpaired) electrons. The van der Waals surface area contributed by atoms with Crippen LogP contribution in [-0.2, 0) is 17.8 Å². The van der Waals surface area contributed by atoms with Crippen molar-refractivity contribution in [3.63, 3.8) is 0 Å². The molecular formula is C29H28N2O5. The van der Waals surface area contributed by atoms with Gasteiger partial charge in [-0.1, -0.05) is 31.2 Å². The van der Waals surface area contributed by atoms with Gasteiger partial charge in [0, 0.05) is 17.4 Å². The predicted octanol–water partition coefficient (Wildman–Crippen LogP) is 4.84. The van der Waals surface area contributed by atoms with Gasteiger partial charge < -0.3 is 19.4 Å². The molecule has 36 heavy (non-hydrogen) atoms. The van der Waals surface area contributed by atoms with Crippen LogP contribution in [0.25, 0.3) is 10.9 Å². The number of carbonyl (C=O) groups is 2. The Kier molecular flexibility index (Phi) is 7.49. The van der Waals surface area contributed by atoms with Crippen LogP contribution in [-0.4, -0.2) is 30.0 Å². The molecule has 7 nitrogen and oxygen atoms in total. The summed E-state index contributed by atoms with van der Waals surface area (Å²) in [7, 11) is 1.51. The summed E-state index contributed by atoms with van der Waals surface area (Å²) in [4.78, 5) is 39.6. The third-order valence-electron chi connectivity index (χ3n) is 5.92. The summed E-state index contributed by atoms with van der Waals surface area (Å²) in [5.74, 6) is 0.506. The maximum Gasteiger partial charge on any atom is 0.244 e. The van der Waals surface area contributed by atoms with Crippen molar-refractivity contribution in [2.45, 2.75) is 26.8 Å². The van der Waals surface area contributed by atoms with Crippen LogP contribution < -0.4 is 20.2 Å². The number of hydrogen-bond donors (Lipinski definition) is 1. The fraction of sp³-hybridized carbons (Fsp3) is 0.207. The van der Waals surface area contributed by atoms with E-state index < -0.39 is 11.2 Å². The van der Waals surface area contributed by atoms with Crippen molar-refractivity contribution in [2.24, 2.45) is 0 Å². The normalized spacial score (nSPS) is 10.8. The van der Waals surface area contributed by atoms with E-state index >= 15 is 0 Å². The van der Waals surface area contributed by atoms with E-state index in [0.717, 1.165) is 12.0 Å². The number of rotatable bonds is 9. The van der Waals surface area contributed by atoms with Crippen LogP contribution in [0.5, 0.6) is 11.5 Å². The number of benzene rings is 3. The van der Waals surface area contributed by atoms with E-state index in [1.54, 1.807) is 59.2 Å². The highest BCUT2D eigenvalue weighted by molar-refractivity contribution is 6.10. The third-order valence-corrected chi connectivity index (χ3v) is 5.92. The Hall–Kier alpha value is -4.39. The fourth-order valence-electron chi connectivity index (χ4n) is 4.00. The molecule has 4 rings (SSSR count). The van der Waals surface area contributed by atoms with Gasteiger partial charge in [-0.25, -0.2) is 0 Å². The molecule has 184 valence electrons. The lowest BCUT2D eigenvalue weighted by Gasteiger charge is -2.14. The van der Waals surface area contributed by atoms with Gasteiger partial charge in [0.2, 0.25) is 11.3 Å². The first kappa shape index (κ1) is 24.7. The second-order valence-corrected chi connectivity index (χ2v) is 8.27. The van der Waals surface area contributed by atoms with Gasteiger partial charge in [0.1, 0.15) is 18.0 Å². The number of nitrogens with one attached hydrogen (secondary N) is 1. The second-order valence-electron chi connectivity index (χ2n) is 8.27. The number of fused-ring (bicyclic) bond motifs is 1. The van der Waals surface area contributed by atoms with E-state index in [-0.39, 0.29) is 18.0 Å². The molecule has 0 saturated carbocycles. The number of pyridine rings is 1. The van der Waals surface area contributed by atoms with Crippen LogP contribution in [0.1, 0.15) is 35.3 Å². The van der Waals surface area contributed by atoms with Gasteiger partial charge in [0.05, 0.1) is 30.2 Å². The number of ketones is 1. The monoisotopic (exact) mass is 484 g/mol. The van der Waals surface area contributed by atoms with Crippen LogP contribution in [0.3, 0.4) is 0 Å². The summed E-state index contributed by atoms with van der Waals surface area (Å²) in [6.45, 7) is 4.40. The molecule has 3 aromatic carbocycles. The summed E-state index contributed by atoms with van der Waals surface area (Å²) in [6, 6.07) is 19.3. The molecule has 0 unspecified atom stereocenters. The lowest BCUT2D eigenvalue weighted by molar-refractivity contribution is -0.116. The van der Waals surface area contributed by atoms with Crippen molar-refractivity contribution < 1.29 is 19.1 Å². The highest BCUT2D eigenvalue weighted by atomic mass is 16.5. The summed E-state index contributed by atoms with van der Waals surface area (Å²) in [6.07, 6.45) is 2.31. The number of carbonyl (C=O) groups excluding carboxylic acids is 2. The fourth-order valence-corrected chi connectivity index (χ4v) is 4.00. The van der Waals surface area contributed by atoms with E-state index in [1.807, 2.05) is 26.0 Å². The zero-order valence-electron chi connectivity index (χ0n) is 20.5. The van der Waals surface area contributed by atoms with Crippen molar-refractivity contribution in [3.05, 3.63) is 99.8 Å². The van der Waals surface area contributed by atoms with E-state index in [4.69, 9.17) is 9.47 Å². The van der Waals surface area contributed by atoms with Gasteiger partial charge >= 0.3 is 0 Å². The first-order valence-corrected chi connectivity index (χ1v) is 11.8. The van der Waals surface area contributed by atoms with Gasteiger partial charge in [-0.15, -0.1) is 0 Å². The van der Waals surface area contributed by atoms with Crippen molar-refractivity contribution in [1.29, 1.82) is 0 Å². The Morgan fingerprint density at radius 1 is 0.917 bits per heavy atom. The van der Waals surface area contributed by atoms with E-state index in [1.165, 1.54) is 13.3 Å². The molecule has 1 aromatic heterocycles. The van der Waals surface area contributed by atoms with Gasteiger partial charge in [0.15, 0.2) is 5.78 Å². The zero-order chi connectivity index (χ0) is 25.7. The lowest BCUT2D eigenvalue weighted by Crippen LogP contribution is -2.24. The zero-order valence-corrected chi connectivity index (χ0v) is 20.5. The Balaban J connectivity index is 1.70. The van der Waals surface area contributed by atoms with Crippen LogP contribution in [0.15, 0.2) is 77.7 Å². The SMILES string of the molecule is CCOc1ccc(NC(=O)Cn2cc(C(=O)c3ccc(CC)cc3)c(=O)c3cc(OC)ccc32)cc1. The third kappa shape index (κ3) is 5.30. The Labute approximate surface area is 209 Å². The minimum atomic E-state index is -0.406. The first-order valence-electron chi connectivity index (χ1n) is 11.8. The van der Waals surface area contributed by atoms with Gasteiger partial charge in [-0.05, 0) is 61.4 Å². The smallest absolute Gasteiger partial charge is 0.244 e. The molecule has 0 bridgehead atoms. The topological polar surface area (TPSA) is 86.6 Å². The molecule has 0 atom stereocenters. The minimum absolute atomic E-state index is 0.00568. The summed E-state index contributed by atoms with van der Waals surface area (Å²) in [5.41, 5.74) is 2.24. The molecule has 1 heterocycles. The molecule has 1 amide bonds. The molecular weight excluding hydrogens is 456 g/mol. The van der Waals surface area contributed by atoms with Gasteiger partial charge in [-0.2, -0.15) is 0 Å². The average molecular weight is 485 g/mol. The van der Waals surface area contributed by atoms with Crippen LogP contribution in [0, 0.1) is 0 Å². The number of nitrogens with zero attached hydrogens (tertiary/aromatic N) is 1. The molecule has 0 aliphatic carbocycles. The van der Waals surface area contributed by atoms with Crippen LogP contribution in [0.4, 0.5) is 5.69 Å². The molecule has 0 saturated heterocycles. The molecule has 7 heteroatoms. The molecule has 1 N–H and O–H groups in total. The van der Waals surface area contributed by atoms with Gasteiger partial charge in [-0.3, -0.25) is 14.4 Å². The van der Waals surface area contributed by atoms with E-state index in [2.05, 4.69) is 5.32 Å². The molecule has 0 aliphatic heterocycles. The Morgan fingerprint density at radius 2 is 1.61 bits per heavy atom.